The zero-order valence-corrected chi connectivity index (χ0v) is 14.7. The second kappa shape index (κ2) is 5.63. The van der Waals surface area contributed by atoms with Gasteiger partial charge in [0.2, 0.25) is 0 Å². The van der Waals surface area contributed by atoms with E-state index in [1.165, 1.54) is 5.56 Å². The van der Waals surface area contributed by atoms with E-state index >= 15 is 0 Å². The first-order valence-corrected chi connectivity index (χ1v) is 8.94. The first-order chi connectivity index (χ1) is 11.6. The summed E-state index contributed by atoms with van der Waals surface area (Å²) in [5.41, 5.74) is 4.61. The lowest BCUT2D eigenvalue weighted by atomic mass is 9.94. The quantitative estimate of drug-likeness (QED) is 0.777. The predicted molar refractivity (Wildman–Crippen MR) is 94.9 cm³/mol. The van der Waals surface area contributed by atoms with Gasteiger partial charge in [-0.2, -0.15) is 11.3 Å². The molecular weight excluding hydrogens is 322 g/mol. The molecule has 6 heteroatoms. The van der Waals surface area contributed by atoms with E-state index in [-0.39, 0.29) is 12.0 Å². The largest absolute Gasteiger partial charge is 0.483 e. The maximum Gasteiger partial charge on any atom is 0.251 e. The maximum absolute atomic E-state index is 12.4. The number of aryl methyl sites for hydroxylation is 2. The Labute approximate surface area is 144 Å². The molecule has 3 aromatic rings. The Morgan fingerprint density at radius 1 is 1.50 bits per heavy atom. The lowest BCUT2D eigenvalue weighted by Gasteiger charge is -2.27. The first kappa shape index (κ1) is 15.2. The molecule has 124 valence electrons. The van der Waals surface area contributed by atoms with E-state index in [4.69, 9.17) is 4.74 Å². The Morgan fingerprint density at radius 3 is 3.04 bits per heavy atom. The molecule has 1 N–H and O–H groups in total. The highest BCUT2D eigenvalue weighted by Crippen LogP contribution is 2.41. The zero-order valence-electron chi connectivity index (χ0n) is 13.9. The summed E-state index contributed by atoms with van der Waals surface area (Å²) in [6, 6.07) is 4.03. The number of carbonyl (C=O) groups excluding carboxylic acids is 1. The highest BCUT2D eigenvalue weighted by molar-refractivity contribution is 7.07. The molecule has 0 radical (unpaired) electrons. The molecule has 0 aliphatic carbocycles. The molecule has 0 bridgehead atoms. The highest BCUT2D eigenvalue weighted by atomic mass is 32.1. The van der Waals surface area contributed by atoms with Gasteiger partial charge in [-0.15, -0.1) is 0 Å². The van der Waals surface area contributed by atoms with Crippen LogP contribution in [0.25, 0.3) is 11.0 Å². The number of rotatable bonds is 2. The number of imidazole rings is 1. The average Bonchev–Trinajstić information content (AvgIpc) is 3.23. The summed E-state index contributed by atoms with van der Waals surface area (Å²) in [5, 5.41) is 6.93. The van der Waals surface area contributed by atoms with Gasteiger partial charge in [0.05, 0.1) is 5.52 Å². The van der Waals surface area contributed by atoms with Gasteiger partial charge in [0.15, 0.2) is 5.75 Å². The van der Waals surface area contributed by atoms with Crippen LogP contribution < -0.4 is 10.1 Å². The topological polar surface area (TPSA) is 56.2 Å². The van der Waals surface area contributed by atoms with Gasteiger partial charge in [-0.1, -0.05) is 0 Å². The third-order valence-corrected chi connectivity index (χ3v) is 5.46. The molecule has 0 saturated carbocycles. The van der Waals surface area contributed by atoms with Crippen molar-refractivity contribution >= 4 is 28.3 Å². The number of carbonyl (C=O) groups is 1. The van der Waals surface area contributed by atoms with Gasteiger partial charge in [0.1, 0.15) is 17.4 Å². The van der Waals surface area contributed by atoms with Crippen molar-refractivity contribution in [1.29, 1.82) is 0 Å². The van der Waals surface area contributed by atoms with E-state index in [2.05, 4.69) is 27.1 Å². The molecule has 1 aliphatic rings. The van der Waals surface area contributed by atoms with Crippen LogP contribution in [0.3, 0.4) is 0 Å². The standard InChI is InChI=1S/C18H19N3O2S/c1-10-20-16-14(21(10)3)8-13(18(22)19-2)12-4-5-15(23-17(12)16)11-6-7-24-9-11/h6-9,15H,4-5H2,1-3H3,(H,19,22)/t15-/m0/s1. The van der Waals surface area contributed by atoms with E-state index in [0.29, 0.717) is 5.56 Å². The lowest BCUT2D eigenvalue weighted by molar-refractivity contribution is 0.0959. The molecule has 1 aromatic carbocycles. The van der Waals surface area contributed by atoms with Gasteiger partial charge < -0.3 is 14.6 Å². The molecule has 0 spiro atoms. The molecule has 2 aromatic heterocycles. The number of ether oxygens (including phenoxy) is 1. The Morgan fingerprint density at radius 2 is 2.33 bits per heavy atom. The maximum atomic E-state index is 12.4. The number of nitrogens with one attached hydrogen (secondary N) is 1. The van der Waals surface area contributed by atoms with Gasteiger partial charge in [-0.05, 0) is 42.7 Å². The van der Waals surface area contributed by atoms with Gasteiger partial charge in [-0.25, -0.2) is 4.98 Å². The van der Waals surface area contributed by atoms with Crippen LogP contribution in [0, 0.1) is 6.92 Å². The minimum atomic E-state index is -0.0791. The zero-order chi connectivity index (χ0) is 16.8. The Bertz CT molecular complexity index is 928. The van der Waals surface area contributed by atoms with Crippen molar-refractivity contribution in [3.05, 3.63) is 45.4 Å². The van der Waals surface area contributed by atoms with Crippen LogP contribution in [-0.4, -0.2) is 22.5 Å². The molecule has 1 aliphatic heterocycles. The SMILES string of the molecule is CNC(=O)c1cc2c(nc(C)n2C)c2c1CC[C@@H](c1ccsc1)O2. The summed E-state index contributed by atoms with van der Waals surface area (Å²) >= 11 is 1.67. The van der Waals surface area contributed by atoms with Crippen LogP contribution in [0.5, 0.6) is 5.75 Å². The molecule has 3 heterocycles. The number of hydrogen-bond donors (Lipinski definition) is 1. The second-order valence-electron chi connectivity index (χ2n) is 6.10. The first-order valence-electron chi connectivity index (χ1n) is 8.00. The van der Waals surface area contributed by atoms with E-state index in [1.807, 2.05) is 24.6 Å². The molecule has 4 rings (SSSR count). The normalized spacial score (nSPS) is 16.7. The van der Waals surface area contributed by atoms with Crippen molar-refractivity contribution in [2.75, 3.05) is 7.05 Å². The summed E-state index contributed by atoms with van der Waals surface area (Å²) in [5.74, 6) is 1.59. The summed E-state index contributed by atoms with van der Waals surface area (Å²) < 4.78 is 8.34. The van der Waals surface area contributed by atoms with Crippen LogP contribution in [0.15, 0.2) is 22.9 Å². The summed E-state index contributed by atoms with van der Waals surface area (Å²) in [7, 11) is 3.62. The number of thiophene rings is 1. The van der Waals surface area contributed by atoms with Gasteiger partial charge >= 0.3 is 0 Å². The van der Waals surface area contributed by atoms with Crippen LogP contribution in [-0.2, 0) is 13.5 Å². The Kier molecular flexibility index (Phi) is 3.57. The molecular formula is C18H19N3O2S. The van der Waals surface area contributed by atoms with Crippen LogP contribution in [0.2, 0.25) is 0 Å². The van der Waals surface area contributed by atoms with Crippen molar-refractivity contribution in [2.45, 2.75) is 25.9 Å². The number of hydrogen-bond acceptors (Lipinski definition) is 4. The van der Waals surface area contributed by atoms with E-state index in [1.54, 1.807) is 18.4 Å². The number of benzene rings is 1. The van der Waals surface area contributed by atoms with Crippen molar-refractivity contribution in [3.8, 4) is 5.75 Å². The number of aromatic nitrogens is 2. The van der Waals surface area contributed by atoms with Crippen molar-refractivity contribution in [3.63, 3.8) is 0 Å². The van der Waals surface area contributed by atoms with E-state index < -0.39 is 0 Å². The second-order valence-corrected chi connectivity index (χ2v) is 6.88. The average molecular weight is 341 g/mol. The van der Waals surface area contributed by atoms with Crippen LogP contribution in [0.4, 0.5) is 0 Å². The van der Waals surface area contributed by atoms with Gasteiger partial charge in [0.25, 0.3) is 5.91 Å². The molecule has 1 atom stereocenters. The monoisotopic (exact) mass is 341 g/mol. The number of amides is 1. The third-order valence-electron chi connectivity index (χ3n) is 4.76. The molecule has 0 saturated heterocycles. The van der Waals surface area contributed by atoms with Crippen LogP contribution >= 0.6 is 11.3 Å². The smallest absolute Gasteiger partial charge is 0.251 e. The molecule has 1 amide bonds. The summed E-state index contributed by atoms with van der Waals surface area (Å²) in [6.45, 7) is 1.96. The minimum absolute atomic E-state index is 0.0224. The Hall–Kier alpha value is -2.34. The molecule has 24 heavy (non-hydrogen) atoms. The number of fused-ring (bicyclic) bond motifs is 3. The fraction of sp³-hybridized carbons (Fsp3) is 0.333. The minimum Gasteiger partial charge on any atom is -0.483 e. The highest BCUT2D eigenvalue weighted by Gasteiger charge is 2.29. The van der Waals surface area contributed by atoms with Gasteiger partial charge in [-0.3, -0.25) is 4.79 Å². The fourth-order valence-electron chi connectivity index (χ4n) is 3.33. The van der Waals surface area contributed by atoms with E-state index in [0.717, 1.165) is 41.0 Å². The van der Waals surface area contributed by atoms with Crippen LogP contribution in [0.1, 0.15) is 39.8 Å². The van der Waals surface area contributed by atoms with E-state index in [9.17, 15) is 4.79 Å². The predicted octanol–water partition coefficient (Wildman–Crippen LogP) is 3.37. The van der Waals surface area contributed by atoms with Gasteiger partial charge in [0, 0.05) is 30.8 Å². The summed E-state index contributed by atoms with van der Waals surface area (Å²) in [6.07, 6.45) is 1.70. The Balaban J connectivity index is 1.92. The molecule has 0 fully saturated rings. The summed E-state index contributed by atoms with van der Waals surface area (Å²) in [4.78, 5) is 17.0. The number of nitrogens with zero attached hydrogens (tertiary/aromatic N) is 2. The van der Waals surface area contributed by atoms with Crippen molar-refractivity contribution in [2.24, 2.45) is 7.05 Å². The molecule has 0 unspecified atom stereocenters. The van der Waals surface area contributed by atoms with Crippen molar-refractivity contribution < 1.29 is 9.53 Å². The molecule has 5 nitrogen and oxygen atoms in total. The fourth-order valence-corrected chi connectivity index (χ4v) is 4.03. The lowest BCUT2D eigenvalue weighted by Crippen LogP contribution is -2.23. The van der Waals surface area contributed by atoms with Crippen molar-refractivity contribution in [1.82, 2.24) is 14.9 Å². The third kappa shape index (κ3) is 2.21.